The Kier molecular flexibility index (Phi) is 68.7. The van der Waals surface area contributed by atoms with Crippen LogP contribution in [0.25, 0.3) is 0 Å². The van der Waals surface area contributed by atoms with Gasteiger partial charge >= 0.3 is 39.5 Å². The molecule has 3 N–H and O–H groups in total. The minimum atomic E-state index is -4.97. The van der Waals surface area contributed by atoms with Crippen LogP contribution in [-0.4, -0.2) is 96.7 Å². The SMILES string of the molecule is CCCCC/C=C\C/C=C\CCCCCCCC(=O)O[C@H](COC(=O)CCCCCCCCCCCCCCC)COP(=O)(O)OC[C@@H](O)COP(=O)(O)OC[C@@H](COC(=O)CCCCCCCCCCCCCCC)OC(=O)CCCCCCC/C=C\CCCCCCCC. The number of phosphoric acid groups is 2. The third-order valence-corrected chi connectivity index (χ3v) is 19.0. The van der Waals surface area contributed by atoms with Crippen molar-refractivity contribution >= 4 is 39.5 Å². The Balaban J connectivity index is 5.32. The van der Waals surface area contributed by atoms with Crippen molar-refractivity contribution in [3.63, 3.8) is 0 Å². The van der Waals surface area contributed by atoms with Crippen molar-refractivity contribution in [1.29, 1.82) is 0 Å². The molecule has 0 aromatic carbocycles. The van der Waals surface area contributed by atoms with Crippen LogP contribution in [0.3, 0.4) is 0 Å². The molecule has 564 valence electrons. The molecule has 0 spiro atoms. The van der Waals surface area contributed by atoms with Crippen molar-refractivity contribution in [2.75, 3.05) is 39.6 Å². The highest BCUT2D eigenvalue weighted by molar-refractivity contribution is 7.47. The first-order valence-electron chi connectivity index (χ1n) is 39.2. The molecule has 0 saturated carbocycles. The maximum Gasteiger partial charge on any atom is 0.472 e. The molecule has 5 atom stereocenters. The van der Waals surface area contributed by atoms with Crippen LogP contribution in [0.1, 0.15) is 374 Å². The Bertz CT molecular complexity index is 1970. The lowest BCUT2D eigenvalue weighted by Gasteiger charge is -2.21. The van der Waals surface area contributed by atoms with Crippen molar-refractivity contribution in [2.45, 2.75) is 393 Å². The van der Waals surface area contributed by atoms with E-state index in [2.05, 4.69) is 64.2 Å². The van der Waals surface area contributed by atoms with Gasteiger partial charge in [0.15, 0.2) is 12.2 Å². The zero-order valence-electron chi connectivity index (χ0n) is 61.6. The molecule has 0 rings (SSSR count). The Labute approximate surface area is 585 Å². The number of rotatable bonds is 75. The predicted octanol–water partition coefficient (Wildman–Crippen LogP) is 22.3. The van der Waals surface area contributed by atoms with Gasteiger partial charge in [-0.1, -0.05) is 302 Å². The van der Waals surface area contributed by atoms with Crippen molar-refractivity contribution in [3.8, 4) is 0 Å². The van der Waals surface area contributed by atoms with Crippen LogP contribution < -0.4 is 0 Å². The van der Waals surface area contributed by atoms with E-state index in [9.17, 15) is 43.2 Å². The summed E-state index contributed by atoms with van der Waals surface area (Å²) in [5, 5.41) is 10.6. The number of hydrogen-bond acceptors (Lipinski definition) is 15. The van der Waals surface area contributed by atoms with Gasteiger partial charge in [0.2, 0.25) is 0 Å². The van der Waals surface area contributed by atoms with Crippen LogP contribution in [0, 0.1) is 0 Å². The second kappa shape index (κ2) is 70.7. The van der Waals surface area contributed by atoms with Gasteiger partial charge in [0, 0.05) is 25.7 Å². The zero-order valence-corrected chi connectivity index (χ0v) is 63.4. The highest BCUT2D eigenvalue weighted by atomic mass is 31.2. The molecule has 0 aliphatic heterocycles. The van der Waals surface area contributed by atoms with Crippen molar-refractivity contribution in [2.24, 2.45) is 0 Å². The summed E-state index contributed by atoms with van der Waals surface area (Å²) in [6, 6.07) is 0. The van der Waals surface area contributed by atoms with E-state index in [1.165, 1.54) is 173 Å². The fourth-order valence-electron chi connectivity index (χ4n) is 11.1. The lowest BCUT2D eigenvalue weighted by atomic mass is 10.0. The monoisotopic (exact) mass is 1400 g/mol. The number of allylic oxidation sites excluding steroid dienone is 6. The Morgan fingerprint density at radius 2 is 0.510 bits per heavy atom. The third kappa shape index (κ3) is 69.7. The minimum absolute atomic E-state index is 0.0861. The van der Waals surface area contributed by atoms with Gasteiger partial charge in [-0.3, -0.25) is 37.3 Å². The van der Waals surface area contributed by atoms with Crippen LogP contribution in [0.2, 0.25) is 0 Å². The number of carbonyl (C=O) groups excluding carboxylic acids is 4. The first-order chi connectivity index (χ1) is 46.7. The number of unbranched alkanes of at least 4 members (excludes halogenated alkanes) is 43. The molecule has 0 bridgehead atoms. The van der Waals surface area contributed by atoms with E-state index in [1.54, 1.807) is 0 Å². The lowest BCUT2D eigenvalue weighted by Crippen LogP contribution is -2.30. The summed E-state index contributed by atoms with van der Waals surface area (Å²) in [5.41, 5.74) is 0. The van der Waals surface area contributed by atoms with Gasteiger partial charge in [0.25, 0.3) is 0 Å². The van der Waals surface area contributed by atoms with E-state index in [-0.39, 0.29) is 25.7 Å². The maximum absolute atomic E-state index is 13.1. The topological polar surface area (TPSA) is 237 Å². The number of phosphoric ester groups is 2. The predicted molar refractivity (Wildman–Crippen MR) is 391 cm³/mol. The molecule has 0 aliphatic carbocycles. The summed E-state index contributed by atoms with van der Waals surface area (Å²) in [4.78, 5) is 72.8. The largest absolute Gasteiger partial charge is 0.472 e. The second-order valence-electron chi connectivity index (χ2n) is 26.7. The summed E-state index contributed by atoms with van der Waals surface area (Å²) in [7, 11) is -9.93. The van der Waals surface area contributed by atoms with E-state index in [1.807, 2.05) is 0 Å². The van der Waals surface area contributed by atoms with Crippen LogP contribution in [-0.2, 0) is 65.4 Å². The fourth-order valence-corrected chi connectivity index (χ4v) is 12.7. The molecule has 96 heavy (non-hydrogen) atoms. The molecule has 0 heterocycles. The molecular weight excluding hydrogens is 1260 g/mol. The highest BCUT2D eigenvalue weighted by Gasteiger charge is 2.30. The Morgan fingerprint density at radius 1 is 0.292 bits per heavy atom. The molecule has 0 aromatic heterocycles. The minimum Gasteiger partial charge on any atom is -0.462 e. The van der Waals surface area contributed by atoms with E-state index in [4.69, 9.17) is 37.0 Å². The quantitative estimate of drug-likeness (QED) is 0.0169. The smallest absolute Gasteiger partial charge is 0.462 e. The molecule has 19 heteroatoms. The van der Waals surface area contributed by atoms with Crippen LogP contribution in [0.5, 0.6) is 0 Å². The van der Waals surface area contributed by atoms with Gasteiger partial charge in [0.1, 0.15) is 19.3 Å². The Hall–Kier alpha value is -2.72. The molecule has 0 radical (unpaired) electrons. The van der Waals surface area contributed by atoms with Gasteiger partial charge in [-0.15, -0.1) is 0 Å². The van der Waals surface area contributed by atoms with Crippen LogP contribution >= 0.6 is 15.6 Å². The Morgan fingerprint density at radius 3 is 0.802 bits per heavy atom. The van der Waals surface area contributed by atoms with Gasteiger partial charge in [-0.05, 0) is 83.5 Å². The van der Waals surface area contributed by atoms with Crippen LogP contribution in [0.15, 0.2) is 36.5 Å². The summed E-state index contributed by atoms with van der Waals surface area (Å²) in [5.74, 6) is -2.16. The van der Waals surface area contributed by atoms with Gasteiger partial charge < -0.3 is 33.8 Å². The highest BCUT2D eigenvalue weighted by Crippen LogP contribution is 2.45. The molecule has 0 saturated heterocycles. The number of esters is 4. The summed E-state index contributed by atoms with van der Waals surface area (Å²) in [6.45, 7) is 4.90. The zero-order chi connectivity index (χ0) is 70.4. The molecule has 17 nitrogen and oxygen atoms in total. The van der Waals surface area contributed by atoms with Gasteiger partial charge in [-0.25, -0.2) is 9.13 Å². The number of carbonyl (C=O) groups is 4. The summed E-state index contributed by atoms with van der Waals surface area (Å²) < 4.78 is 68.5. The van der Waals surface area contributed by atoms with Crippen LogP contribution in [0.4, 0.5) is 0 Å². The molecule has 0 aliphatic rings. The maximum atomic E-state index is 13.1. The van der Waals surface area contributed by atoms with E-state index in [0.717, 1.165) is 122 Å². The second-order valence-corrected chi connectivity index (χ2v) is 29.6. The number of hydrogen-bond donors (Lipinski definition) is 3. The molecule has 0 fully saturated rings. The molecule has 0 amide bonds. The number of aliphatic hydroxyl groups excluding tert-OH is 1. The van der Waals surface area contributed by atoms with E-state index >= 15 is 0 Å². The number of ether oxygens (including phenoxy) is 4. The lowest BCUT2D eigenvalue weighted by molar-refractivity contribution is -0.161. The normalized spacial score (nSPS) is 14.1. The fraction of sp³-hybridized carbons (Fsp3) is 0.870. The number of aliphatic hydroxyl groups is 1. The average molecular weight is 1400 g/mol. The first kappa shape index (κ1) is 93.3. The van der Waals surface area contributed by atoms with E-state index < -0.39 is 97.5 Å². The summed E-state index contributed by atoms with van der Waals surface area (Å²) >= 11 is 0. The summed E-state index contributed by atoms with van der Waals surface area (Å²) in [6.07, 6.45) is 65.5. The third-order valence-electron chi connectivity index (χ3n) is 17.1. The van der Waals surface area contributed by atoms with Crippen molar-refractivity contribution in [1.82, 2.24) is 0 Å². The van der Waals surface area contributed by atoms with E-state index in [0.29, 0.717) is 25.7 Å². The molecule has 0 aromatic rings. The molecular formula is C77H144O17P2. The first-order valence-corrected chi connectivity index (χ1v) is 42.2. The van der Waals surface area contributed by atoms with Crippen molar-refractivity contribution < 1.29 is 80.2 Å². The average Bonchev–Trinajstić information content (AvgIpc) is 1.19. The van der Waals surface area contributed by atoms with Crippen molar-refractivity contribution in [3.05, 3.63) is 36.5 Å². The standard InChI is InChI=1S/C77H144O17P2/c1-5-9-13-17-21-25-29-33-35-39-43-47-51-55-59-63-76(81)93-72(67-87-74(79)61-57-53-49-45-41-37-31-27-23-19-15-11-7-3)69-91-95(83,84)89-65-71(78)66-90-96(85,86)92-70-73(68-88-75(80)62-58-54-50-46-42-38-32-28-24-20-16-12-8-4)94-77(82)64-60-56-52-48-44-40-36-34-30-26-22-18-14-10-6-2/h21,25,33-36,71-73,78H,5-20,22-24,26-32,37-70H2,1-4H3,(H,83,84)(H,85,86)/b25-21-,35-33-,36-34-/t71-,72-,73-/m1/s1. The molecule has 2 unspecified atom stereocenters. The van der Waals surface area contributed by atoms with Gasteiger partial charge in [-0.2, -0.15) is 0 Å². The van der Waals surface area contributed by atoms with Gasteiger partial charge in [0.05, 0.1) is 26.4 Å².